The Labute approximate surface area is 82.6 Å². The van der Waals surface area contributed by atoms with Crippen LogP contribution in [0.1, 0.15) is 6.92 Å². The Kier molecular flexibility index (Phi) is 4.26. The number of benzene rings is 1. The Balaban J connectivity index is 2.57. The van der Waals surface area contributed by atoms with Gasteiger partial charge in [0.25, 0.3) is 0 Å². The van der Waals surface area contributed by atoms with Crippen LogP contribution < -0.4 is 0 Å². The van der Waals surface area contributed by atoms with Crippen LogP contribution in [-0.4, -0.2) is 5.75 Å². The van der Waals surface area contributed by atoms with Crippen LogP contribution in [-0.2, 0) is 0 Å². The lowest BCUT2D eigenvalue weighted by molar-refractivity contribution is 1.46. The molecular weight excluding hydrogens is 188 g/mol. The number of allylic oxidation sites excluding steroid dienone is 1. The second kappa shape index (κ2) is 5.28. The van der Waals surface area contributed by atoms with E-state index in [4.69, 9.17) is 11.6 Å². The first-order valence-corrected chi connectivity index (χ1v) is 5.19. The molecule has 1 aromatic carbocycles. The van der Waals surface area contributed by atoms with Gasteiger partial charge in [0.1, 0.15) is 0 Å². The first-order chi connectivity index (χ1) is 5.84. The first-order valence-electron chi connectivity index (χ1n) is 3.83. The van der Waals surface area contributed by atoms with E-state index in [1.165, 1.54) is 0 Å². The van der Waals surface area contributed by atoms with E-state index in [1.807, 2.05) is 37.3 Å². The average Bonchev–Trinajstić information content (AvgIpc) is 2.09. The minimum absolute atomic E-state index is 0.840. The minimum atomic E-state index is 0.840. The van der Waals surface area contributed by atoms with Gasteiger partial charge in [-0.05, 0) is 19.1 Å². The lowest BCUT2D eigenvalue weighted by Gasteiger charge is -1.99. The van der Waals surface area contributed by atoms with Gasteiger partial charge in [-0.2, -0.15) is 0 Å². The van der Waals surface area contributed by atoms with Crippen molar-refractivity contribution in [2.45, 2.75) is 11.8 Å². The third kappa shape index (κ3) is 2.92. The smallest absolute Gasteiger partial charge is 0.0541 e. The van der Waals surface area contributed by atoms with Gasteiger partial charge >= 0.3 is 0 Å². The third-order valence-corrected chi connectivity index (χ3v) is 2.88. The highest BCUT2D eigenvalue weighted by molar-refractivity contribution is 7.99. The van der Waals surface area contributed by atoms with E-state index < -0.39 is 0 Å². The summed E-state index contributed by atoms with van der Waals surface area (Å²) in [6, 6.07) is 7.90. The number of rotatable bonds is 3. The molecule has 0 heterocycles. The zero-order valence-corrected chi connectivity index (χ0v) is 8.53. The van der Waals surface area contributed by atoms with Crippen molar-refractivity contribution in [3.05, 3.63) is 41.4 Å². The predicted octanol–water partition coefficient (Wildman–Crippen LogP) is 4.01. The maximum Gasteiger partial charge on any atom is 0.0541 e. The quantitative estimate of drug-likeness (QED) is 0.523. The highest BCUT2D eigenvalue weighted by atomic mass is 35.5. The zero-order chi connectivity index (χ0) is 8.81. The number of hydrogen-bond acceptors (Lipinski definition) is 1. The average molecular weight is 199 g/mol. The van der Waals surface area contributed by atoms with E-state index in [9.17, 15) is 0 Å². The summed E-state index contributed by atoms with van der Waals surface area (Å²) >= 11 is 7.71. The maximum absolute atomic E-state index is 5.96. The van der Waals surface area contributed by atoms with E-state index >= 15 is 0 Å². The summed E-state index contributed by atoms with van der Waals surface area (Å²) in [6.07, 6.45) is 4.16. The minimum Gasteiger partial charge on any atom is -0.120 e. The summed E-state index contributed by atoms with van der Waals surface area (Å²) in [4.78, 5) is 1.15. The first kappa shape index (κ1) is 9.69. The Bertz CT molecular complexity index is 268. The molecule has 0 atom stereocenters. The van der Waals surface area contributed by atoms with Crippen LogP contribution in [0.15, 0.2) is 41.3 Å². The fourth-order valence-corrected chi connectivity index (χ4v) is 1.94. The summed E-state index contributed by atoms with van der Waals surface area (Å²) in [6.45, 7) is 2.02. The highest BCUT2D eigenvalue weighted by Crippen LogP contribution is 2.26. The molecule has 0 nitrogen and oxygen atoms in total. The normalized spacial score (nSPS) is 10.8. The molecule has 12 heavy (non-hydrogen) atoms. The second-order valence-corrected chi connectivity index (χ2v) is 3.78. The zero-order valence-electron chi connectivity index (χ0n) is 6.96. The SMILES string of the molecule is C/C=C/CSc1ccccc1Cl. The Morgan fingerprint density at radius 2 is 2.17 bits per heavy atom. The van der Waals surface area contributed by atoms with Gasteiger partial charge < -0.3 is 0 Å². The molecule has 0 spiro atoms. The van der Waals surface area contributed by atoms with Crippen molar-refractivity contribution in [2.75, 3.05) is 5.75 Å². The van der Waals surface area contributed by atoms with Crippen molar-refractivity contribution in [1.29, 1.82) is 0 Å². The molecule has 0 unspecified atom stereocenters. The largest absolute Gasteiger partial charge is 0.120 e. The van der Waals surface area contributed by atoms with Crippen LogP contribution in [0.5, 0.6) is 0 Å². The highest BCUT2D eigenvalue weighted by Gasteiger charge is 1.96. The predicted molar refractivity (Wildman–Crippen MR) is 57.0 cm³/mol. The van der Waals surface area contributed by atoms with Gasteiger partial charge in [0.2, 0.25) is 0 Å². The van der Waals surface area contributed by atoms with Crippen LogP contribution in [0, 0.1) is 0 Å². The molecule has 0 aromatic heterocycles. The molecule has 0 N–H and O–H groups in total. The van der Waals surface area contributed by atoms with Crippen LogP contribution in [0.4, 0.5) is 0 Å². The van der Waals surface area contributed by atoms with Crippen molar-refractivity contribution >= 4 is 23.4 Å². The van der Waals surface area contributed by atoms with Crippen molar-refractivity contribution in [1.82, 2.24) is 0 Å². The summed E-state index contributed by atoms with van der Waals surface area (Å²) < 4.78 is 0. The van der Waals surface area contributed by atoms with E-state index in [-0.39, 0.29) is 0 Å². The number of thioether (sulfide) groups is 1. The number of halogens is 1. The van der Waals surface area contributed by atoms with Crippen LogP contribution in [0.3, 0.4) is 0 Å². The fraction of sp³-hybridized carbons (Fsp3) is 0.200. The fourth-order valence-electron chi connectivity index (χ4n) is 0.796. The van der Waals surface area contributed by atoms with Gasteiger partial charge in [-0.15, -0.1) is 11.8 Å². The summed E-state index contributed by atoms with van der Waals surface area (Å²) in [5.74, 6) is 0.986. The maximum atomic E-state index is 5.96. The Morgan fingerprint density at radius 1 is 1.42 bits per heavy atom. The van der Waals surface area contributed by atoms with Crippen LogP contribution in [0.2, 0.25) is 5.02 Å². The van der Waals surface area contributed by atoms with E-state index in [0.717, 1.165) is 15.7 Å². The molecule has 0 bridgehead atoms. The lowest BCUT2D eigenvalue weighted by atomic mass is 10.4. The molecule has 0 amide bonds. The van der Waals surface area contributed by atoms with Gasteiger partial charge in [-0.3, -0.25) is 0 Å². The van der Waals surface area contributed by atoms with Crippen molar-refractivity contribution in [3.63, 3.8) is 0 Å². The molecule has 0 aliphatic carbocycles. The molecule has 0 aliphatic rings. The van der Waals surface area contributed by atoms with E-state index in [1.54, 1.807) is 11.8 Å². The molecule has 1 aromatic rings. The Morgan fingerprint density at radius 3 is 2.83 bits per heavy atom. The lowest BCUT2D eigenvalue weighted by Crippen LogP contribution is -1.74. The molecule has 0 radical (unpaired) electrons. The summed E-state index contributed by atoms with van der Waals surface area (Å²) in [5, 5.41) is 0.840. The molecule has 64 valence electrons. The molecule has 0 saturated carbocycles. The van der Waals surface area contributed by atoms with Gasteiger partial charge in [-0.25, -0.2) is 0 Å². The molecule has 0 saturated heterocycles. The van der Waals surface area contributed by atoms with Crippen LogP contribution in [0.25, 0.3) is 0 Å². The van der Waals surface area contributed by atoms with Crippen molar-refractivity contribution in [2.24, 2.45) is 0 Å². The Hall–Kier alpha value is -0.400. The van der Waals surface area contributed by atoms with Gasteiger partial charge in [-0.1, -0.05) is 35.9 Å². The molecular formula is C10H11ClS. The molecule has 0 fully saturated rings. The third-order valence-electron chi connectivity index (χ3n) is 1.41. The van der Waals surface area contributed by atoms with E-state index in [0.29, 0.717) is 0 Å². The van der Waals surface area contributed by atoms with Gasteiger partial charge in [0.05, 0.1) is 5.02 Å². The monoisotopic (exact) mass is 198 g/mol. The molecule has 1 rings (SSSR count). The van der Waals surface area contributed by atoms with Crippen molar-refractivity contribution < 1.29 is 0 Å². The van der Waals surface area contributed by atoms with Crippen LogP contribution >= 0.6 is 23.4 Å². The van der Waals surface area contributed by atoms with Crippen molar-refractivity contribution in [3.8, 4) is 0 Å². The topological polar surface area (TPSA) is 0 Å². The summed E-state index contributed by atoms with van der Waals surface area (Å²) in [5.41, 5.74) is 0. The van der Waals surface area contributed by atoms with Gasteiger partial charge in [0.15, 0.2) is 0 Å². The molecule has 2 heteroatoms. The number of hydrogen-bond donors (Lipinski definition) is 0. The second-order valence-electron chi connectivity index (χ2n) is 2.31. The van der Waals surface area contributed by atoms with Gasteiger partial charge in [0, 0.05) is 10.6 Å². The summed E-state index contributed by atoms with van der Waals surface area (Å²) in [7, 11) is 0. The molecule has 0 aliphatic heterocycles. The van der Waals surface area contributed by atoms with E-state index in [2.05, 4.69) is 6.08 Å². The standard InChI is InChI=1S/C10H11ClS/c1-2-3-8-12-10-7-5-4-6-9(10)11/h2-7H,8H2,1H3/b3-2+.